The van der Waals surface area contributed by atoms with E-state index in [-0.39, 0.29) is 11.4 Å². The van der Waals surface area contributed by atoms with Gasteiger partial charge in [-0.25, -0.2) is 0 Å². The zero-order valence-electron chi connectivity index (χ0n) is 14.6. The smallest absolute Gasteiger partial charge is 0.312 e. The van der Waals surface area contributed by atoms with Gasteiger partial charge in [-0.15, -0.1) is 0 Å². The molecule has 0 aromatic rings. The van der Waals surface area contributed by atoms with Gasteiger partial charge in [0, 0.05) is 6.54 Å². The van der Waals surface area contributed by atoms with E-state index in [0.717, 1.165) is 45.3 Å². The Bertz CT molecular complexity index is 294. The third kappa shape index (κ3) is 5.61. The summed E-state index contributed by atoms with van der Waals surface area (Å²) < 4.78 is 5.68. The van der Waals surface area contributed by atoms with Crippen LogP contribution in [0.15, 0.2) is 0 Å². The minimum absolute atomic E-state index is 0.0784. The second kappa shape index (κ2) is 9.45. The first-order valence-corrected chi connectivity index (χ1v) is 8.97. The Hall–Kier alpha value is -0.570. The Labute approximate surface area is 131 Å². The number of likely N-dealkylation sites (N-methyl/N-ethyl adjacent to an activating group) is 1. The highest BCUT2D eigenvalue weighted by Gasteiger charge is 2.41. The van der Waals surface area contributed by atoms with Crippen molar-refractivity contribution >= 4 is 5.97 Å². The van der Waals surface area contributed by atoms with Gasteiger partial charge < -0.3 is 9.64 Å². The van der Waals surface area contributed by atoms with Crippen LogP contribution in [0.5, 0.6) is 0 Å². The summed E-state index contributed by atoms with van der Waals surface area (Å²) in [6, 6.07) is 0. The average molecular weight is 297 g/mol. The molecule has 0 aromatic heterocycles. The second-order valence-electron chi connectivity index (χ2n) is 6.72. The molecule has 3 heteroatoms. The van der Waals surface area contributed by atoms with Crippen LogP contribution in [0.4, 0.5) is 0 Å². The van der Waals surface area contributed by atoms with E-state index in [4.69, 9.17) is 4.74 Å². The number of esters is 1. The van der Waals surface area contributed by atoms with Crippen molar-refractivity contribution < 1.29 is 9.53 Å². The third-order valence-corrected chi connectivity index (χ3v) is 5.21. The van der Waals surface area contributed by atoms with Gasteiger partial charge in [0.15, 0.2) is 0 Å². The molecule has 1 unspecified atom stereocenters. The van der Waals surface area contributed by atoms with E-state index in [1.165, 1.54) is 19.3 Å². The highest BCUT2D eigenvalue weighted by Crippen LogP contribution is 2.43. The molecule has 0 amide bonds. The van der Waals surface area contributed by atoms with E-state index < -0.39 is 0 Å². The molecule has 1 aliphatic carbocycles. The summed E-state index contributed by atoms with van der Waals surface area (Å²) in [4.78, 5) is 15.0. The van der Waals surface area contributed by atoms with Gasteiger partial charge in [-0.2, -0.15) is 0 Å². The van der Waals surface area contributed by atoms with Crippen molar-refractivity contribution in [2.24, 2.45) is 11.3 Å². The van der Waals surface area contributed by atoms with E-state index in [9.17, 15) is 4.79 Å². The van der Waals surface area contributed by atoms with E-state index in [1.54, 1.807) is 0 Å². The zero-order chi connectivity index (χ0) is 15.7. The van der Waals surface area contributed by atoms with Crippen molar-refractivity contribution in [3.05, 3.63) is 0 Å². The fourth-order valence-corrected chi connectivity index (χ4v) is 3.49. The van der Waals surface area contributed by atoms with Crippen LogP contribution >= 0.6 is 0 Å². The number of hydrogen-bond acceptors (Lipinski definition) is 3. The maximum Gasteiger partial charge on any atom is 0.312 e. The summed E-state index contributed by atoms with van der Waals surface area (Å²) in [6.07, 6.45) is 7.85. The number of hydrogen-bond donors (Lipinski definition) is 0. The van der Waals surface area contributed by atoms with Crippen molar-refractivity contribution in [3.8, 4) is 0 Å². The highest BCUT2D eigenvalue weighted by molar-refractivity contribution is 5.77. The van der Waals surface area contributed by atoms with Crippen LogP contribution in [0.3, 0.4) is 0 Å². The lowest BCUT2D eigenvalue weighted by Crippen LogP contribution is -2.38. The molecule has 0 spiro atoms. The van der Waals surface area contributed by atoms with Gasteiger partial charge in [-0.3, -0.25) is 4.79 Å². The SMILES string of the molecule is CCC(C)CC1(C(=O)OCCN(CC)CC)CCCCC1. The first kappa shape index (κ1) is 18.5. The second-order valence-corrected chi connectivity index (χ2v) is 6.72. The lowest BCUT2D eigenvalue weighted by atomic mass is 9.69. The number of carbonyl (C=O) groups excluding carboxylic acids is 1. The number of carbonyl (C=O) groups is 1. The summed E-state index contributed by atoms with van der Waals surface area (Å²) in [7, 11) is 0. The minimum Gasteiger partial charge on any atom is -0.464 e. The summed E-state index contributed by atoms with van der Waals surface area (Å²) in [5.41, 5.74) is -0.184. The Morgan fingerprint density at radius 3 is 2.29 bits per heavy atom. The normalized spacial score (nSPS) is 19.5. The molecule has 0 N–H and O–H groups in total. The average Bonchev–Trinajstić information content (AvgIpc) is 2.52. The molecule has 0 aromatic carbocycles. The first-order valence-electron chi connectivity index (χ1n) is 8.97. The Morgan fingerprint density at radius 2 is 1.76 bits per heavy atom. The molecule has 1 rings (SSSR count). The van der Waals surface area contributed by atoms with Crippen molar-refractivity contribution in [2.45, 2.75) is 72.6 Å². The monoisotopic (exact) mass is 297 g/mol. The largest absolute Gasteiger partial charge is 0.464 e. The van der Waals surface area contributed by atoms with Gasteiger partial charge in [0.25, 0.3) is 0 Å². The van der Waals surface area contributed by atoms with Crippen LogP contribution in [0, 0.1) is 11.3 Å². The quantitative estimate of drug-likeness (QED) is 0.596. The van der Waals surface area contributed by atoms with E-state index in [0.29, 0.717) is 12.5 Å². The molecule has 1 atom stereocenters. The molecule has 1 aliphatic rings. The summed E-state index contributed by atoms with van der Waals surface area (Å²) in [5.74, 6) is 0.688. The number of nitrogens with zero attached hydrogens (tertiary/aromatic N) is 1. The molecule has 1 fully saturated rings. The molecule has 0 aliphatic heterocycles. The topological polar surface area (TPSA) is 29.5 Å². The Morgan fingerprint density at radius 1 is 1.14 bits per heavy atom. The number of rotatable bonds is 9. The molecule has 0 saturated heterocycles. The van der Waals surface area contributed by atoms with Crippen LogP contribution < -0.4 is 0 Å². The van der Waals surface area contributed by atoms with Crippen LogP contribution in [0.2, 0.25) is 0 Å². The van der Waals surface area contributed by atoms with Crippen LogP contribution in [0.25, 0.3) is 0 Å². The predicted octanol–water partition coefficient (Wildman–Crippen LogP) is 4.26. The van der Waals surface area contributed by atoms with Crippen molar-refractivity contribution in [1.29, 1.82) is 0 Å². The van der Waals surface area contributed by atoms with Gasteiger partial charge in [0.05, 0.1) is 5.41 Å². The Balaban J connectivity index is 2.55. The molecule has 0 heterocycles. The molecule has 0 radical (unpaired) electrons. The van der Waals surface area contributed by atoms with Gasteiger partial charge in [0.1, 0.15) is 6.61 Å². The standard InChI is InChI=1S/C18H35NO2/c1-5-16(4)15-18(11-9-8-10-12-18)17(20)21-14-13-19(6-2)7-3/h16H,5-15H2,1-4H3. The highest BCUT2D eigenvalue weighted by atomic mass is 16.5. The molecule has 21 heavy (non-hydrogen) atoms. The molecule has 3 nitrogen and oxygen atoms in total. The lowest BCUT2D eigenvalue weighted by molar-refractivity contribution is -0.160. The van der Waals surface area contributed by atoms with Crippen molar-refractivity contribution in [2.75, 3.05) is 26.2 Å². The fourth-order valence-electron chi connectivity index (χ4n) is 3.49. The van der Waals surface area contributed by atoms with E-state index in [2.05, 4.69) is 32.6 Å². The van der Waals surface area contributed by atoms with Crippen molar-refractivity contribution in [3.63, 3.8) is 0 Å². The van der Waals surface area contributed by atoms with Gasteiger partial charge >= 0.3 is 5.97 Å². The molecule has 1 saturated carbocycles. The maximum atomic E-state index is 12.7. The fraction of sp³-hybridized carbons (Fsp3) is 0.944. The first-order chi connectivity index (χ1) is 10.1. The van der Waals surface area contributed by atoms with E-state index in [1.807, 2.05) is 0 Å². The molecular weight excluding hydrogens is 262 g/mol. The van der Waals surface area contributed by atoms with Crippen LogP contribution in [0.1, 0.15) is 72.6 Å². The summed E-state index contributed by atoms with van der Waals surface area (Å²) in [6.45, 7) is 12.2. The molecular formula is C18H35NO2. The number of ether oxygens (including phenoxy) is 1. The van der Waals surface area contributed by atoms with Gasteiger partial charge in [-0.05, 0) is 38.3 Å². The van der Waals surface area contributed by atoms with E-state index >= 15 is 0 Å². The third-order valence-electron chi connectivity index (χ3n) is 5.21. The summed E-state index contributed by atoms with van der Waals surface area (Å²) >= 11 is 0. The maximum absolute atomic E-state index is 12.7. The zero-order valence-corrected chi connectivity index (χ0v) is 14.6. The van der Waals surface area contributed by atoms with Crippen molar-refractivity contribution in [1.82, 2.24) is 4.90 Å². The molecule has 124 valence electrons. The minimum atomic E-state index is -0.184. The summed E-state index contributed by atoms with van der Waals surface area (Å²) in [5, 5.41) is 0. The predicted molar refractivity (Wildman–Crippen MR) is 88.3 cm³/mol. The van der Waals surface area contributed by atoms with Crippen LogP contribution in [-0.4, -0.2) is 37.1 Å². The van der Waals surface area contributed by atoms with Crippen LogP contribution in [-0.2, 0) is 9.53 Å². The van der Waals surface area contributed by atoms with Gasteiger partial charge in [-0.1, -0.05) is 53.4 Å². The Kier molecular flexibility index (Phi) is 8.31. The molecule has 0 bridgehead atoms. The van der Waals surface area contributed by atoms with Gasteiger partial charge in [0.2, 0.25) is 0 Å². The lowest BCUT2D eigenvalue weighted by Gasteiger charge is -2.37.